The molecule has 0 unspecified atom stereocenters. The van der Waals surface area contributed by atoms with Gasteiger partial charge in [0.05, 0.1) is 4.90 Å². The molecule has 33 heavy (non-hydrogen) atoms. The summed E-state index contributed by atoms with van der Waals surface area (Å²) >= 11 is 6.33. The van der Waals surface area contributed by atoms with Gasteiger partial charge in [0.2, 0.25) is 0 Å². The first-order valence-electron chi connectivity index (χ1n) is 10.5. The molecule has 0 saturated carbocycles. The van der Waals surface area contributed by atoms with Crippen LogP contribution in [0, 0.1) is 10.7 Å². The van der Waals surface area contributed by atoms with Gasteiger partial charge in [-0.3, -0.25) is 0 Å². The van der Waals surface area contributed by atoms with Gasteiger partial charge in [0.25, 0.3) is 10.0 Å². The molecular weight excluding hydrogens is 775 g/mol. The van der Waals surface area contributed by atoms with Crippen LogP contribution in [0.1, 0.15) is 84.6 Å². The van der Waals surface area contributed by atoms with Crippen molar-refractivity contribution in [3.8, 4) is 0 Å². The molecule has 0 bridgehead atoms. The van der Waals surface area contributed by atoms with Crippen LogP contribution in [-0.2, 0) is 26.3 Å². The highest BCUT2D eigenvalue weighted by Gasteiger charge is 2.34. The van der Waals surface area contributed by atoms with Crippen LogP contribution in [0.15, 0.2) is 33.6 Å². The fourth-order valence-corrected chi connectivity index (χ4v) is 7.45. The first-order chi connectivity index (χ1) is 14.7. The van der Waals surface area contributed by atoms with Crippen LogP contribution in [0.25, 0.3) is 0 Å². The molecule has 2 aromatic rings. The molecular formula is C25H31I3NO3S-. The predicted octanol–water partition coefficient (Wildman–Crippen LogP) is 6.89. The molecule has 0 aliphatic rings. The quantitative estimate of drug-likeness (QED) is 0.147. The highest BCUT2D eigenvalue weighted by atomic mass is 127. The normalized spacial score (nSPS) is 14.0. The molecule has 0 aliphatic carbocycles. The molecule has 0 spiro atoms. The molecule has 0 N–H and O–H groups in total. The largest absolute Gasteiger partial charge is 0.858 e. The minimum absolute atomic E-state index is 0.152. The summed E-state index contributed by atoms with van der Waals surface area (Å²) in [6, 6.07) is 7.57. The number of halogens is 3. The maximum Gasteiger partial charge on any atom is 0.282 e. The lowest BCUT2D eigenvalue weighted by Gasteiger charge is -2.32. The summed E-state index contributed by atoms with van der Waals surface area (Å²) in [5.74, 6) is -0.740. The molecule has 4 nitrogen and oxygen atoms in total. The third kappa shape index (κ3) is 6.84. The molecule has 0 aromatic heterocycles. The van der Waals surface area contributed by atoms with Crippen LogP contribution in [0.2, 0.25) is 0 Å². The molecule has 0 fully saturated rings. The SMILES string of the molecule is CC(C)(C)c1cc(C(C)(C)C)c(S(=O)(=O)/N=C(\[O-])c2cc(I)cc(I)c2I)c(C(C)(C)C)c1. The maximum atomic E-state index is 13.8. The van der Waals surface area contributed by atoms with Gasteiger partial charge in [-0.15, -0.1) is 0 Å². The second-order valence-corrected chi connectivity index (χ2v) is 16.3. The zero-order valence-electron chi connectivity index (χ0n) is 20.5. The number of nitrogens with zero attached hydrogens (tertiary/aromatic N) is 1. The fraction of sp³-hybridized carbons (Fsp3) is 0.480. The van der Waals surface area contributed by atoms with Crippen molar-refractivity contribution in [3.05, 3.63) is 57.2 Å². The van der Waals surface area contributed by atoms with E-state index in [1.807, 2.05) is 59.7 Å². The van der Waals surface area contributed by atoms with E-state index in [2.05, 4.69) is 92.9 Å². The van der Waals surface area contributed by atoms with Crippen LogP contribution in [0.5, 0.6) is 0 Å². The number of hydrogen-bond acceptors (Lipinski definition) is 3. The van der Waals surface area contributed by atoms with Gasteiger partial charge in [0, 0.05) is 22.2 Å². The molecule has 2 aromatic carbocycles. The Balaban J connectivity index is 2.96. The molecule has 0 amide bonds. The standard InChI is InChI=1S/C25H32I3NO3S/c1-23(2,3)14-10-17(24(4,5)6)21(18(11-14)25(7,8)9)33(31,32)29-22(30)16-12-15(26)13-19(27)20(16)28/h10-13H,1-9H3,(H,29,30)/p-1. The highest BCUT2D eigenvalue weighted by Crippen LogP contribution is 2.41. The summed E-state index contributed by atoms with van der Waals surface area (Å²) in [7, 11) is -4.27. The summed E-state index contributed by atoms with van der Waals surface area (Å²) in [6.07, 6.45) is 0. The Bertz CT molecular complexity index is 1180. The second-order valence-electron chi connectivity index (χ2n) is 11.3. The predicted molar refractivity (Wildman–Crippen MR) is 161 cm³/mol. The highest BCUT2D eigenvalue weighted by molar-refractivity contribution is 14.1. The van der Waals surface area contributed by atoms with Crippen molar-refractivity contribution in [3.63, 3.8) is 0 Å². The molecule has 0 aliphatic heterocycles. The molecule has 2 rings (SSSR count). The van der Waals surface area contributed by atoms with Crippen LogP contribution in [0.3, 0.4) is 0 Å². The van der Waals surface area contributed by atoms with E-state index < -0.39 is 26.8 Å². The van der Waals surface area contributed by atoms with E-state index in [9.17, 15) is 13.5 Å². The summed E-state index contributed by atoms with van der Waals surface area (Å²) in [5.41, 5.74) is 1.64. The van der Waals surface area contributed by atoms with Crippen molar-refractivity contribution in [1.29, 1.82) is 0 Å². The second kappa shape index (κ2) is 9.84. The minimum Gasteiger partial charge on any atom is -0.858 e. The summed E-state index contributed by atoms with van der Waals surface area (Å²) in [5, 5.41) is 13.1. The van der Waals surface area contributed by atoms with Crippen LogP contribution in [-0.4, -0.2) is 14.3 Å². The first-order valence-corrected chi connectivity index (χ1v) is 15.2. The molecule has 0 heterocycles. The molecule has 182 valence electrons. The van der Waals surface area contributed by atoms with Gasteiger partial charge in [-0.25, -0.2) is 0 Å². The lowest BCUT2D eigenvalue weighted by atomic mass is 9.75. The maximum absolute atomic E-state index is 13.8. The van der Waals surface area contributed by atoms with Crippen molar-refractivity contribution < 1.29 is 13.5 Å². The van der Waals surface area contributed by atoms with Crippen molar-refractivity contribution in [2.75, 3.05) is 0 Å². The number of benzene rings is 2. The summed E-state index contributed by atoms with van der Waals surface area (Å²) in [4.78, 5) is 0.152. The van der Waals surface area contributed by atoms with Gasteiger partial charge in [-0.05, 0) is 113 Å². The third-order valence-electron chi connectivity index (χ3n) is 5.26. The van der Waals surface area contributed by atoms with E-state index in [4.69, 9.17) is 0 Å². The monoisotopic (exact) mass is 806 g/mol. The van der Waals surface area contributed by atoms with Crippen molar-refractivity contribution >= 4 is 83.7 Å². The first kappa shape index (κ1) is 29.3. The third-order valence-corrected chi connectivity index (χ3v) is 10.3. The van der Waals surface area contributed by atoms with E-state index in [0.29, 0.717) is 20.3 Å². The van der Waals surface area contributed by atoms with Gasteiger partial charge in [-0.1, -0.05) is 74.4 Å². The van der Waals surface area contributed by atoms with E-state index >= 15 is 0 Å². The Hall–Kier alpha value is 0.0500. The Morgan fingerprint density at radius 1 is 0.788 bits per heavy atom. The van der Waals surface area contributed by atoms with Crippen LogP contribution in [0.4, 0.5) is 0 Å². The van der Waals surface area contributed by atoms with Crippen molar-refractivity contribution in [2.45, 2.75) is 83.5 Å². The van der Waals surface area contributed by atoms with E-state index in [0.717, 1.165) is 12.7 Å². The van der Waals surface area contributed by atoms with Gasteiger partial charge in [0.15, 0.2) is 0 Å². The number of sulfonamides is 1. The molecule has 0 atom stereocenters. The Morgan fingerprint density at radius 3 is 1.64 bits per heavy atom. The van der Waals surface area contributed by atoms with Gasteiger partial charge in [-0.2, -0.15) is 12.8 Å². The Kier molecular flexibility index (Phi) is 8.73. The Morgan fingerprint density at radius 2 is 1.24 bits per heavy atom. The summed E-state index contributed by atoms with van der Waals surface area (Å²) < 4.78 is 33.9. The molecule has 0 radical (unpaired) electrons. The zero-order chi connectivity index (χ0) is 25.7. The molecule has 8 heteroatoms. The zero-order valence-corrected chi connectivity index (χ0v) is 27.8. The number of hydrogen-bond donors (Lipinski definition) is 0. The topological polar surface area (TPSA) is 69.6 Å². The average molecular weight is 806 g/mol. The van der Waals surface area contributed by atoms with E-state index in [1.165, 1.54) is 0 Å². The minimum atomic E-state index is -4.27. The van der Waals surface area contributed by atoms with Crippen LogP contribution >= 0.6 is 67.8 Å². The van der Waals surface area contributed by atoms with E-state index in [1.54, 1.807) is 6.07 Å². The van der Waals surface area contributed by atoms with Gasteiger partial charge < -0.3 is 5.11 Å². The van der Waals surface area contributed by atoms with Gasteiger partial charge >= 0.3 is 0 Å². The fourth-order valence-electron chi connectivity index (χ4n) is 3.37. The summed E-state index contributed by atoms with van der Waals surface area (Å²) in [6.45, 7) is 18.3. The van der Waals surface area contributed by atoms with Crippen molar-refractivity contribution in [1.82, 2.24) is 0 Å². The van der Waals surface area contributed by atoms with Crippen molar-refractivity contribution in [2.24, 2.45) is 4.40 Å². The Labute approximate surface area is 239 Å². The average Bonchev–Trinajstić information content (AvgIpc) is 2.60. The number of rotatable bonds is 3. The molecule has 0 saturated heterocycles. The lowest BCUT2D eigenvalue weighted by Crippen LogP contribution is -2.28. The van der Waals surface area contributed by atoms with Crippen LogP contribution < -0.4 is 5.11 Å². The van der Waals surface area contributed by atoms with Gasteiger partial charge in [0.1, 0.15) is 0 Å². The van der Waals surface area contributed by atoms with E-state index in [-0.39, 0.29) is 10.3 Å². The lowest BCUT2D eigenvalue weighted by molar-refractivity contribution is -0.212. The smallest absolute Gasteiger partial charge is 0.282 e.